The van der Waals surface area contributed by atoms with Crippen molar-refractivity contribution in [1.29, 1.82) is 0 Å². The van der Waals surface area contributed by atoms with Gasteiger partial charge in [0.05, 0.1) is 22.9 Å². The minimum Gasteiger partial charge on any atom is -0.494 e. The highest BCUT2D eigenvalue weighted by Gasteiger charge is 2.28. The van der Waals surface area contributed by atoms with Crippen LogP contribution in [0, 0.1) is 5.82 Å². The summed E-state index contributed by atoms with van der Waals surface area (Å²) in [7, 11) is -2.13. The largest absolute Gasteiger partial charge is 0.494 e. The number of fused-ring (bicyclic) bond motifs is 1. The topological polar surface area (TPSA) is 144 Å². The third-order valence-corrected chi connectivity index (χ3v) is 8.64. The van der Waals surface area contributed by atoms with Gasteiger partial charge in [-0.05, 0) is 72.0 Å². The first kappa shape index (κ1) is 31.2. The summed E-state index contributed by atoms with van der Waals surface area (Å²) in [5.74, 6) is -0.860. The normalized spacial score (nSPS) is 12.0. The molecule has 0 fully saturated rings. The number of nitrogen functional groups attached to an aromatic ring is 1. The van der Waals surface area contributed by atoms with Crippen LogP contribution in [-0.2, 0) is 26.0 Å². The SMILES string of the molecule is CCOc1cccc(C(Nc2cc3ccnc(N)c3cc2F)C(=O)N(C)Cc2cc(NC(C)=O)ccc2S(=O)(=O)CC)c1. The lowest BCUT2D eigenvalue weighted by molar-refractivity contribution is -0.131. The summed E-state index contributed by atoms with van der Waals surface area (Å²) in [5, 5.41) is 6.76. The molecule has 1 aromatic heterocycles. The van der Waals surface area contributed by atoms with Crippen molar-refractivity contribution in [3.63, 3.8) is 0 Å². The second kappa shape index (κ2) is 13.1. The Bertz CT molecular complexity index is 1780. The summed E-state index contributed by atoms with van der Waals surface area (Å²) >= 11 is 0. The molecule has 3 aromatic carbocycles. The molecule has 1 unspecified atom stereocenters. The van der Waals surface area contributed by atoms with Crippen molar-refractivity contribution in [3.05, 3.63) is 83.8 Å². The predicted molar refractivity (Wildman–Crippen MR) is 165 cm³/mol. The molecule has 0 aliphatic rings. The van der Waals surface area contributed by atoms with E-state index in [0.717, 1.165) is 0 Å². The van der Waals surface area contributed by atoms with E-state index in [1.807, 2.05) is 6.92 Å². The van der Waals surface area contributed by atoms with Gasteiger partial charge in [0, 0.05) is 37.8 Å². The number of aromatic nitrogens is 1. The van der Waals surface area contributed by atoms with Gasteiger partial charge in [0.25, 0.3) is 0 Å². The number of anilines is 3. The van der Waals surface area contributed by atoms with Crippen LogP contribution < -0.4 is 21.1 Å². The maximum atomic E-state index is 15.4. The zero-order valence-electron chi connectivity index (χ0n) is 24.3. The average molecular weight is 608 g/mol. The molecule has 1 atom stereocenters. The van der Waals surface area contributed by atoms with Gasteiger partial charge in [0.2, 0.25) is 11.8 Å². The number of amides is 2. The van der Waals surface area contributed by atoms with E-state index in [1.165, 1.54) is 56.3 Å². The highest BCUT2D eigenvalue weighted by Crippen LogP contribution is 2.31. The van der Waals surface area contributed by atoms with Gasteiger partial charge in [-0.2, -0.15) is 0 Å². The molecule has 0 aliphatic heterocycles. The van der Waals surface area contributed by atoms with Gasteiger partial charge in [-0.3, -0.25) is 9.59 Å². The van der Waals surface area contributed by atoms with Gasteiger partial charge >= 0.3 is 0 Å². The first-order chi connectivity index (χ1) is 20.4. The number of nitrogens with two attached hydrogens (primary N) is 1. The van der Waals surface area contributed by atoms with Crippen molar-refractivity contribution >= 4 is 49.6 Å². The molecule has 43 heavy (non-hydrogen) atoms. The van der Waals surface area contributed by atoms with Crippen molar-refractivity contribution in [3.8, 4) is 5.75 Å². The maximum absolute atomic E-state index is 15.4. The smallest absolute Gasteiger partial charge is 0.249 e. The van der Waals surface area contributed by atoms with E-state index in [1.54, 1.807) is 36.4 Å². The molecule has 4 rings (SSSR count). The molecule has 0 saturated carbocycles. The number of carbonyl (C=O) groups is 2. The lowest BCUT2D eigenvalue weighted by Crippen LogP contribution is -2.35. The summed E-state index contributed by atoms with van der Waals surface area (Å²) < 4.78 is 46.8. The van der Waals surface area contributed by atoms with Crippen LogP contribution >= 0.6 is 0 Å². The molecular weight excluding hydrogens is 573 g/mol. The highest BCUT2D eigenvalue weighted by molar-refractivity contribution is 7.91. The number of halogens is 1. The molecule has 0 saturated heterocycles. The van der Waals surface area contributed by atoms with E-state index in [4.69, 9.17) is 10.5 Å². The Morgan fingerprint density at radius 3 is 2.56 bits per heavy atom. The molecule has 1 heterocycles. The van der Waals surface area contributed by atoms with Gasteiger partial charge in [-0.15, -0.1) is 0 Å². The van der Waals surface area contributed by atoms with Crippen molar-refractivity contribution in [2.75, 3.05) is 35.8 Å². The van der Waals surface area contributed by atoms with Crippen LogP contribution in [0.15, 0.2) is 71.8 Å². The van der Waals surface area contributed by atoms with Gasteiger partial charge in [0.15, 0.2) is 9.84 Å². The van der Waals surface area contributed by atoms with E-state index in [-0.39, 0.29) is 34.6 Å². The Morgan fingerprint density at radius 2 is 1.86 bits per heavy atom. The Kier molecular flexibility index (Phi) is 9.50. The quantitative estimate of drug-likeness (QED) is 0.218. The molecule has 2 amide bonds. The molecule has 10 nitrogen and oxygen atoms in total. The Labute approximate surface area is 250 Å². The van der Waals surface area contributed by atoms with Crippen molar-refractivity contribution in [2.45, 2.75) is 38.3 Å². The number of hydrogen-bond donors (Lipinski definition) is 3. The van der Waals surface area contributed by atoms with E-state index >= 15 is 4.39 Å². The van der Waals surface area contributed by atoms with Gasteiger partial charge in [0.1, 0.15) is 23.4 Å². The second-order valence-electron chi connectivity index (χ2n) is 9.93. The lowest BCUT2D eigenvalue weighted by Gasteiger charge is -2.27. The van der Waals surface area contributed by atoms with E-state index in [9.17, 15) is 18.0 Å². The van der Waals surface area contributed by atoms with Crippen LogP contribution in [0.2, 0.25) is 0 Å². The summed E-state index contributed by atoms with van der Waals surface area (Å²) in [5.41, 5.74) is 7.21. The molecule has 226 valence electrons. The second-order valence-corrected chi connectivity index (χ2v) is 12.2. The molecule has 0 spiro atoms. The summed E-state index contributed by atoms with van der Waals surface area (Å²) in [4.78, 5) is 31.2. The summed E-state index contributed by atoms with van der Waals surface area (Å²) in [6.07, 6.45) is 1.51. The summed E-state index contributed by atoms with van der Waals surface area (Å²) in [6, 6.07) is 14.8. The average Bonchev–Trinajstić information content (AvgIpc) is 2.96. The Balaban J connectivity index is 1.75. The maximum Gasteiger partial charge on any atom is 0.249 e. The van der Waals surface area contributed by atoms with E-state index in [0.29, 0.717) is 39.9 Å². The molecule has 12 heteroatoms. The van der Waals surface area contributed by atoms with E-state index < -0.39 is 27.6 Å². The number of rotatable bonds is 11. The number of sulfone groups is 1. The Hall–Kier alpha value is -4.71. The van der Waals surface area contributed by atoms with Crippen LogP contribution in [0.5, 0.6) is 5.75 Å². The number of hydrogen-bond acceptors (Lipinski definition) is 8. The predicted octanol–water partition coefficient (Wildman–Crippen LogP) is 4.92. The standard InChI is InChI=1S/C31H34FN5O5S/c1-5-42-24-9-7-8-21(15-24)29(36-27-16-20-12-13-34-30(33)25(20)17-26(27)32)31(39)37(4)18-22-14-23(35-19(3)38)10-11-28(22)43(40,41)6-2/h7-17,29,36H,5-6,18H2,1-4H3,(H2,33,34)(H,35,38). The zero-order valence-corrected chi connectivity index (χ0v) is 25.2. The van der Waals surface area contributed by atoms with E-state index in [2.05, 4.69) is 15.6 Å². The van der Waals surface area contributed by atoms with Crippen LogP contribution in [0.1, 0.15) is 37.9 Å². The van der Waals surface area contributed by atoms with Crippen molar-refractivity contribution in [2.24, 2.45) is 0 Å². The van der Waals surface area contributed by atoms with Crippen LogP contribution in [0.25, 0.3) is 10.8 Å². The molecule has 0 aliphatic carbocycles. The van der Waals surface area contributed by atoms with Gasteiger partial charge < -0.3 is 26.0 Å². The number of likely N-dealkylation sites (N-methyl/N-ethyl adjacent to an activating group) is 1. The first-order valence-corrected chi connectivity index (χ1v) is 15.3. The fourth-order valence-corrected chi connectivity index (χ4v) is 5.83. The first-order valence-electron chi connectivity index (χ1n) is 13.6. The van der Waals surface area contributed by atoms with Crippen LogP contribution in [-0.4, -0.2) is 49.5 Å². The zero-order chi connectivity index (χ0) is 31.3. The third kappa shape index (κ3) is 7.20. The minimum atomic E-state index is -3.66. The molecule has 4 N–H and O–H groups in total. The number of carbonyl (C=O) groups excluding carboxylic acids is 2. The lowest BCUT2D eigenvalue weighted by atomic mass is 10.0. The van der Waals surface area contributed by atoms with Gasteiger partial charge in [-0.1, -0.05) is 19.1 Å². The molecule has 4 aromatic rings. The Morgan fingerprint density at radius 1 is 1.09 bits per heavy atom. The molecular formula is C31H34FN5O5S. The van der Waals surface area contributed by atoms with Gasteiger partial charge in [-0.25, -0.2) is 17.8 Å². The number of ether oxygens (including phenoxy) is 1. The van der Waals surface area contributed by atoms with Crippen LogP contribution in [0.3, 0.4) is 0 Å². The number of nitrogens with zero attached hydrogens (tertiary/aromatic N) is 2. The molecule has 0 radical (unpaired) electrons. The minimum absolute atomic E-state index is 0.0541. The number of benzene rings is 3. The monoisotopic (exact) mass is 607 g/mol. The van der Waals surface area contributed by atoms with Crippen LogP contribution in [0.4, 0.5) is 21.6 Å². The number of nitrogens with one attached hydrogen (secondary N) is 2. The fourth-order valence-electron chi connectivity index (χ4n) is 4.72. The van der Waals surface area contributed by atoms with Crippen molar-refractivity contribution in [1.82, 2.24) is 9.88 Å². The summed E-state index contributed by atoms with van der Waals surface area (Å²) in [6.45, 7) is 5.01. The third-order valence-electron chi connectivity index (χ3n) is 6.81. The van der Waals surface area contributed by atoms with Crippen molar-refractivity contribution < 1.29 is 27.1 Å². The fraction of sp³-hybridized carbons (Fsp3) is 0.258. The molecule has 0 bridgehead atoms. The highest BCUT2D eigenvalue weighted by atomic mass is 32.2. The number of pyridine rings is 1.